The van der Waals surface area contributed by atoms with Crippen molar-refractivity contribution in [1.82, 2.24) is 0 Å². The van der Waals surface area contributed by atoms with Crippen molar-refractivity contribution in [3.8, 4) is 0 Å². The van der Waals surface area contributed by atoms with Gasteiger partial charge in [0.15, 0.2) is 5.78 Å². The molecule has 1 fully saturated rings. The summed E-state index contributed by atoms with van der Waals surface area (Å²) in [4.78, 5) is 11.7. The molecule has 1 heterocycles. The smallest absolute Gasteiger partial charge is 0.189 e. The molecule has 2 rings (SSSR count). The minimum Gasteiger partial charge on any atom is -0.363 e. The van der Waals surface area contributed by atoms with E-state index in [4.69, 9.17) is 4.74 Å². The standard InChI is InChI=1S/C13H14O2/c1-9-12(13(14)10(2)15-9)8-11-6-4-3-5-7-11/h3-10H,1-2H3. The van der Waals surface area contributed by atoms with Gasteiger partial charge in [-0.3, -0.25) is 4.79 Å². The van der Waals surface area contributed by atoms with Crippen LogP contribution in [0.5, 0.6) is 0 Å². The largest absolute Gasteiger partial charge is 0.363 e. The van der Waals surface area contributed by atoms with Crippen molar-refractivity contribution in [2.75, 3.05) is 0 Å². The molecule has 2 unspecified atom stereocenters. The molecule has 0 saturated carbocycles. The highest BCUT2D eigenvalue weighted by Crippen LogP contribution is 2.23. The highest BCUT2D eigenvalue weighted by Gasteiger charge is 2.32. The number of carbonyl (C=O) groups is 1. The summed E-state index contributed by atoms with van der Waals surface area (Å²) in [5.41, 5.74) is 1.82. The van der Waals surface area contributed by atoms with Crippen LogP contribution in [0.15, 0.2) is 35.9 Å². The van der Waals surface area contributed by atoms with Crippen molar-refractivity contribution >= 4 is 11.9 Å². The fraction of sp³-hybridized carbons (Fsp3) is 0.308. The number of benzene rings is 1. The van der Waals surface area contributed by atoms with E-state index >= 15 is 0 Å². The second kappa shape index (κ2) is 3.99. The third kappa shape index (κ3) is 2.00. The Morgan fingerprint density at radius 1 is 1.13 bits per heavy atom. The second-order valence-corrected chi connectivity index (χ2v) is 3.80. The van der Waals surface area contributed by atoms with Crippen molar-refractivity contribution in [1.29, 1.82) is 0 Å². The van der Waals surface area contributed by atoms with Gasteiger partial charge in [-0.2, -0.15) is 0 Å². The summed E-state index contributed by atoms with van der Waals surface area (Å²) in [6.07, 6.45) is 1.53. The topological polar surface area (TPSA) is 26.3 Å². The minimum absolute atomic E-state index is 0.0901. The van der Waals surface area contributed by atoms with E-state index in [9.17, 15) is 4.79 Å². The maximum atomic E-state index is 11.7. The first-order valence-electron chi connectivity index (χ1n) is 5.15. The minimum atomic E-state index is -0.296. The highest BCUT2D eigenvalue weighted by molar-refractivity contribution is 6.04. The second-order valence-electron chi connectivity index (χ2n) is 3.80. The van der Waals surface area contributed by atoms with Gasteiger partial charge in [0.1, 0.15) is 6.10 Å². The molecule has 1 aliphatic heterocycles. The molecule has 0 amide bonds. The zero-order valence-corrected chi connectivity index (χ0v) is 8.94. The Hall–Kier alpha value is -1.41. The fourth-order valence-electron chi connectivity index (χ4n) is 1.79. The molecule has 0 aromatic heterocycles. The summed E-state index contributed by atoms with van der Waals surface area (Å²) in [6, 6.07) is 9.84. The Labute approximate surface area is 89.6 Å². The molecule has 0 spiro atoms. The maximum Gasteiger partial charge on any atom is 0.189 e. The zero-order chi connectivity index (χ0) is 10.8. The van der Waals surface area contributed by atoms with Crippen molar-refractivity contribution in [2.45, 2.75) is 26.1 Å². The molecule has 2 heteroatoms. The van der Waals surface area contributed by atoms with Gasteiger partial charge >= 0.3 is 0 Å². The number of ketones is 1. The van der Waals surface area contributed by atoms with Crippen molar-refractivity contribution < 1.29 is 9.53 Å². The lowest BCUT2D eigenvalue weighted by molar-refractivity contribution is -0.120. The lowest BCUT2D eigenvalue weighted by atomic mass is 10.0. The molecule has 2 atom stereocenters. The van der Waals surface area contributed by atoms with Gasteiger partial charge in [-0.1, -0.05) is 30.3 Å². The Bertz CT molecular complexity index is 392. The number of hydrogen-bond acceptors (Lipinski definition) is 2. The molecular formula is C13H14O2. The van der Waals surface area contributed by atoms with Gasteiger partial charge in [0.05, 0.1) is 6.10 Å². The van der Waals surface area contributed by atoms with E-state index < -0.39 is 0 Å². The third-order valence-electron chi connectivity index (χ3n) is 2.62. The van der Waals surface area contributed by atoms with E-state index in [1.165, 1.54) is 0 Å². The third-order valence-corrected chi connectivity index (χ3v) is 2.62. The summed E-state index contributed by atoms with van der Waals surface area (Å²) in [5, 5.41) is 0. The molecule has 78 valence electrons. The molecule has 1 aromatic carbocycles. The van der Waals surface area contributed by atoms with Crippen molar-refractivity contribution in [3.63, 3.8) is 0 Å². The van der Waals surface area contributed by atoms with Crippen LogP contribution in [0.1, 0.15) is 19.4 Å². The summed E-state index contributed by atoms with van der Waals surface area (Å²) in [6.45, 7) is 3.71. The predicted octanol–water partition coefficient (Wildman–Crippen LogP) is 2.45. The fourth-order valence-corrected chi connectivity index (χ4v) is 1.79. The number of rotatable bonds is 1. The molecule has 1 saturated heterocycles. The van der Waals surface area contributed by atoms with Gasteiger partial charge in [-0.15, -0.1) is 0 Å². The van der Waals surface area contributed by atoms with E-state index in [-0.39, 0.29) is 18.0 Å². The van der Waals surface area contributed by atoms with Gasteiger partial charge < -0.3 is 4.74 Å². The van der Waals surface area contributed by atoms with Crippen LogP contribution in [0, 0.1) is 0 Å². The first-order chi connectivity index (χ1) is 7.18. The van der Waals surface area contributed by atoms with Crippen molar-refractivity contribution in [3.05, 3.63) is 41.5 Å². The summed E-state index contributed by atoms with van der Waals surface area (Å²) < 4.78 is 5.44. The van der Waals surface area contributed by atoms with E-state index in [0.717, 1.165) is 11.1 Å². The molecule has 15 heavy (non-hydrogen) atoms. The van der Waals surface area contributed by atoms with Crippen LogP contribution in [-0.4, -0.2) is 18.0 Å². The van der Waals surface area contributed by atoms with E-state index in [2.05, 4.69) is 0 Å². The Morgan fingerprint density at radius 3 is 2.33 bits per heavy atom. The Kier molecular flexibility index (Phi) is 2.69. The number of ether oxygens (including phenoxy) is 1. The monoisotopic (exact) mass is 202 g/mol. The van der Waals surface area contributed by atoms with Crippen LogP contribution < -0.4 is 0 Å². The van der Waals surface area contributed by atoms with Crippen molar-refractivity contribution in [2.24, 2.45) is 0 Å². The van der Waals surface area contributed by atoms with Crippen LogP contribution in [0.4, 0.5) is 0 Å². The highest BCUT2D eigenvalue weighted by atomic mass is 16.5. The first-order valence-corrected chi connectivity index (χ1v) is 5.15. The van der Waals surface area contributed by atoms with E-state index in [1.54, 1.807) is 6.92 Å². The molecule has 0 N–H and O–H groups in total. The van der Waals surface area contributed by atoms with Gasteiger partial charge in [0.25, 0.3) is 0 Å². The summed E-state index contributed by atoms with van der Waals surface area (Å²) in [7, 11) is 0. The Morgan fingerprint density at radius 2 is 1.80 bits per heavy atom. The number of hydrogen-bond donors (Lipinski definition) is 0. The van der Waals surface area contributed by atoms with Gasteiger partial charge in [-0.05, 0) is 25.5 Å². The van der Waals surface area contributed by atoms with E-state index in [0.29, 0.717) is 0 Å². The molecular weight excluding hydrogens is 188 g/mol. The quantitative estimate of drug-likeness (QED) is 0.654. The van der Waals surface area contributed by atoms with Gasteiger partial charge in [0, 0.05) is 5.57 Å². The van der Waals surface area contributed by atoms with Gasteiger partial charge in [0.2, 0.25) is 0 Å². The maximum absolute atomic E-state index is 11.7. The summed E-state index contributed by atoms with van der Waals surface area (Å²) in [5.74, 6) is 0.103. The number of carbonyl (C=O) groups excluding carboxylic acids is 1. The molecule has 2 nitrogen and oxygen atoms in total. The SMILES string of the molecule is CC1OC(C)C(=Cc2ccccc2)C1=O. The van der Waals surface area contributed by atoms with Crippen LogP contribution in [0.25, 0.3) is 6.08 Å². The normalized spacial score (nSPS) is 28.7. The lowest BCUT2D eigenvalue weighted by Crippen LogP contribution is -2.10. The van der Waals surface area contributed by atoms with Crippen LogP contribution in [0.3, 0.4) is 0 Å². The Balaban J connectivity index is 2.31. The molecule has 1 aromatic rings. The summed E-state index contributed by atoms with van der Waals surface area (Å²) >= 11 is 0. The average Bonchev–Trinajstić information content (AvgIpc) is 2.47. The van der Waals surface area contributed by atoms with Crippen LogP contribution in [0.2, 0.25) is 0 Å². The van der Waals surface area contributed by atoms with Crippen LogP contribution >= 0.6 is 0 Å². The predicted molar refractivity (Wildman–Crippen MR) is 59.4 cm³/mol. The zero-order valence-electron chi connectivity index (χ0n) is 8.94. The number of Topliss-reactive ketones (excluding diaryl/α,β-unsaturated/α-hetero) is 1. The molecule has 0 aliphatic carbocycles. The van der Waals surface area contributed by atoms with Crippen LogP contribution in [-0.2, 0) is 9.53 Å². The first kappa shape index (κ1) is 10.1. The molecule has 0 radical (unpaired) electrons. The molecule has 0 bridgehead atoms. The van der Waals surface area contributed by atoms with E-state index in [1.807, 2.05) is 43.3 Å². The van der Waals surface area contributed by atoms with Gasteiger partial charge in [-0.25, -0.2) is 0 Å². The lowest BCUT2D eigenvalue weighted by Gasteiger charge is -2.02. The molecule has 1 aliphatic rings. The average molecular weight is 202 g/mol.